The van der Waals surface area contributed by atoms with Gasteiger partial charge in [-0.05, 0) is 54.8 Å². The minimum absolute atomic E-state index is 0.242. The third-order valence-electron chi connectivity index (χ3n) is 3.80. The summed E-state index contributed by atoms with van der Waals surface area (Å²) in [6, 6.07) is 18.9. The van der Waals surface area contributed by atoms with Crippen LogP contribution in [0.4, 0.5) is 0 Å². The van der Waals surface area contributed by atoms with Gasteiger partial charge in [0.15, 0.2) is 0 Å². The van der Waals surface area contributed by atoms with Crippen LogP contribution in [0.2, 0.25) is 0 Å². The molecule has 0 aliphatic heterocycles. The lowest BCUT2D eigenvalue weighted by Gasteiger charge is -2.09. The van der Waals surface area contributed by atoms with Gasteiger partial charge < -0.3 is 4.74 Å². The van der Waals surface area contributed by atoms with E-state index in [9.17, 15) is 4.79 Å². The van der Waals surface area contributed by atoms with Crippen LogP contribution in [0.15, 0.2) is 76.6 Å². The van der Waals surface area contributed by atoms with Crippen LogP contribution in [-0.4, -0.2) is 16.2 Å². The summed E-state index contributed by atoms with van der Waals surface area (Å²) in [5.74, 6) is 1.12. The second-order valence-corrected chi connectivity index (χ2v) is 7.36. The van der Waals surface area contributed by atoms with Crippen LogP contribution in [0, 0.1) is 0 Å². The minimum atomic E-state index is -0.242. The fourth-order valence-electron chi connectivity index (χ4n) is 2.52. The number of thioether (sulfide) groups is 1. The summed E-state index contributed by atoms with van der Waals surface area (Å²) in [6.07, 6.45) is 3.69. The number of aromatic nitrogens is 2. The molecule has 4 nitrogen and oxygen atoms in total. The Morgan fingerprint density at radius 2 is 1.81 bits per heavy atom. The van der Waals surface area contributed by atoms with Crippen LogP contribution in [0.5, 0.6) is 11.6 Å². The van der Waals surface area contributed by atoms with Gasteiger partial charge in [-0.2, -0.15) is 4.98 Å². The number of nitrogens with zero attached hydrogens (tertiary/aromatic N) is 2. The molecule has 0 atom stereocenters. The highest BCUT2D eigenvalue weighted by Crippen LogP contribution is 2.34. The summed E-state index contributed by atoms with van der Waals surface area (Å²) < 4.78 is 6.85. The Kier molecular flexibility index (Phi) is 4.69. The van der Waals surface area contributed by atoms with Crippen molar-refractivity contribution in [2.24, 2.45) is 0 Å². The maximum atomic E-state index is 12.3. The van der Waals surface area contributed by atoms with Crippen LogP contribution in [0.25, 0.3) is 20.7 Å². The summed E-state index contributed by atoms with van der Waals surface area (Å²) in [5, 5.41) is 1.22. The fourth-order valence-corrected chi connectivity index (χ4v) is 3.94. The van der Waals surface area contributed by atoms with Gasteiger partial charge in [-0.25, -0.2) is 4.98 Å². The number of ether oxygens (including phenoxy) is 1. The maximum absolute atomic E-state index is 12.3. The maximum Gasteiger partial charge on any atom is 0.279 e. The van der Waals surface area contributed by atoms with Crippen molar-refractivity contribution in [2.75, 3.05) is 6.26 Å². The van der Waals surface area contributed by atoms with Crippen LogP contribution in [0.3, 0.4) is 0 Å². The first-order valence-corrected chi connectivity index (χ1v) is 9.96. The van der Waals surface area contributed by atoms with Gasteiger partial charge in [0.1, 0.15) is 10.8 Å². The molecule has 0 unspecified atom stereocenters. The number of benzene rings is 2. The van der Waals surface area contributed by atoms with E-state index >= 15 is 0 Å². The molecule has 0 aliphatic rings. The third kappa shape index (κ3) is 3.34. The third-order valence-corrected chi connectivity index (χ3v) is 5.63. The molecule has 2 heterocycles. The molecule has 128 valence electrons. The molecule has 0 saturated heterocycles. The quantitative estimate of drug-likeness (QED) is 0.455. The lowest BCUT2D eigenvalue weighted by Crippen LogP contribution is -2.06. The van der Waals surface area contributed by atoms with Gasteiger partial charge in [-0.3, -0.25) is 4.79 Å². The molecule has 0 saturated carbocycles. The van der Waals surface area contributed by atoms with Crippen LogP contribution < -0.4 is 10.3 Å². The molecule has 0 spiro atoms. The normalized spacial score (nSPS) is 10.8. The molecule has 4 aromatic rings. The van der Waals surface area contributed by atoms with E-state index in [1.54, 1.807) is 24.0 Å². The van der Waals surface area contributed by atoms with E-state index in [4.69, 9.17) is 4.74 Å². The number of rotatable bonds is 4. The molecule has 2 aromatic carbocycles. The fraction of sp³-hybridized carbons (Fsp3) is 0.0500. The van der Waals surface area contributed by atoms with Crippen molar-refractivity contribution in [3.05, 3.63) is 77.2 Å². The van der Waals surface area contributed by atoms with Gasteiger partial charge in [-0.15, -0.1) is 23.1 Å². The first kappa shape index (κ1) is 16.8. The number of fused-ring (bicyclic) bond motifs is 1. The van der Waals surface area contributed by atoms with Gasteiger partial charge in [-0.1, -0.05) is 12.1 Å². The predicted octanol–water partition coefficient (Wildman–Crippen LogP) is 5.23. The number of hydrogen-bond donors (Lipinski definition) is 0. The predicted molar refractivity (Wildman–Crippen MR) is 107 cm³/mol. The van der Waals surface area contributed by atoms with Crippen LogP contribution in [0.1, 0.15) is 0 Å². The highest BCUT2D eigenvalue weighted by atomic mass is 32.2. The lowest BCUT2D eigenvalue weighted by atomic mass is 10.2. The van der Waals surface area contributed by atoms with E-state index in [1.165, 1.54) is 11.3 Å². The molecular weight excluding hydrogens is 364 g/mol. The van der Waals surface area contributed by atoms with E-state index in [0.29, 0.717) is 27.6 Å². The molecule has 4 rings (SSSR count). The van der Waals surface area contributed by atoms with E-state index < -0.39 is 0 Å². The number of pyridine rings is 1. The van der Waals surface area contributed by atoms with Gasteiger partial charge in [0, 0.05) is 15.8 Å². The minimum Gasteiger partial charge on any atom is -0.438 e. The van der Waals surface area contributed by atoms with Crippen LogP contribution in [-0.2, 0) is 0 Å². The average molecular weight is 378 g/mol. The summed E-state index contributed by atoms with van der Waals surface area (Å²) in [4.78, 5) is 22.1. The van der Waals surface area contributed by atoms with Crippen molar-refractivity contribution in [1.82, 2.24) is 9.97 Å². The highest BCUT2D eigenvalue weighted by Gasteiger charge is 2.13. The molecule has 0 fully saturated rings. The Morgan fingerprint density at radius 3 is 2.62 bits per heavy atom. The molecule has 2 aromatic heterocycles. The van der Waals surface area contributed by atoms with Gasteiger partial charge >= 0.3 is 0 Å². The van der Waals surface area contributed by atoms with E-state index in [-0.39, 0.29) is 5.56 Å². The van der Waals surface area contributed by atoms with E-state index in [2.05, 4.69) is 9.97 Å². The Balaban J connectivity index is 1.77. The smallest absolute Gasteiger partial charge is 0.279 e. The highest BCUT2D eigenvalue weighted by molar-refractivity contribution is 7.98. The Morgan fingerprint density at radius 1 is 1.00 bits per heavy atom. The van der Waals surface area contributed by atoms with Gasteiger partial charge in [0.05, 0.1) is 10.9 Å². The van der Waals surface area contributed by atoms with E-state index in [0.717, 1.165) is 9.60 Å². The summed E-state index contributed by atoms with van der Waals surface area (Å²) in [6.45, 7) is 0. The Hall–Kier alpha value is -2.70. The zero-order chi connectivity index (χ0) is 17.9. The van der Waals surface area contributed by atoms with Crippen molar-refractivity contribution >= 4 is 33.2 Å². The molecule has 0 amide bonds. The van der Waals surface area contributed by atoms with Gasteiger partial charge in [0.25, 0.3) is 5.56 Å². The van der Waals surface area contributed by atoms with Crippen molar-refractivity contribution < 1.29 is 4.74 Å². The zero-order valence-corrected chi connectivity index (χ0v) is 15.5. The van der Waals surface area contributed by atoms with Gasteiger partial charge in [0.2, 0.25) is 5.88 Å². The second kappa shape index (κ2) is 7.27. The van der Waals surface area contributed by atoms with Crippen LogP contribution >= 0.6 is 23.1 Å². The molecular formula is C20H14N2O2S2. The molecule has 6 heteroatoms. The molecule has 0 bridgehead atoms. The molecule has 26 heavy (non-hydrogen) atoms. The standard InChI is InChI=1S/C20H14N2O2S2/c1-25-14-10-8-13(9-11-14)24-19-16(6-4-12-21-19)20-22-18(23)15-5-2-3-7-17(15)26-20/h2-12H,1H3. The van der Waals surface area contributed by atoms with Crippen molar-refractivity contribution in [2.45, 2.75) is 4.90 Å². The molecule has 0 N–H and O–H groups in total. The van der Waals surface area contributed by atoms with Crippen molar-refractivity contribution in [3.63, 3.8) is 0 Å². The van der Waals surface area contributed by atoms with E-state index in [1.807, 2.05) is 60.9 Å². The topological polar surface area (TPSA) is 52.1 Å². The Bertz CT molecular complexity index is 1120. The van der Waals surface area contributed by atoms with Crippen molar-refractivity contribution in [3.8, 4) is 22.2 Å². The summed E-state index contributed by atoms with van der Waals surface area (Å²) >= 11 is 3.12. The van der Waals surface area contributed by atoms with Crippen molar-refractivity contribution in [1.29, 1.82) is 0 Å². The lowest BCUT2D eigenvalue weighted by molar-refractivity contribution is 0.464. The average Bonchev–Trinajstić information content (AvgIpc) is 2.69. The summed E-state index contributed by atoms with van der Waals surface area (Å²) in [5.41, 5.74) is 0.461. The Labute approximate surface area is 158 Å². The monoisotopic (exact) mass is 378 g/mol. The second-order valence-electron chi connectivity index (χ2n) is 5.45. The SMILES string of the molecule is CSc1ccc(Oc2ncccc2-c2nc(=O)c3ccccc3s2)cc1. The molecule has 0 radical (unpaired) electrons. The first-order valence-electron chi connectivity index (χ1n) is 7.92. The molecule has 0 aliphatic carbocycles. The largest absolute Gasteiger partial charge is 0.438 e. The summed E-state index contributed by atoms with van der Waals surface area (Å²) in [7, 11) is 0. The number of hydrogen-bond acceptors (Lipinski definition) is 6. The first-order chi connectivity index (χ1) is 12.7. The zero-order valence-electron chi connectivity index (χ0n) is 13.9.